The molecule has 0 saturated carbocycles. The molecule has 0 amide bonds. The summed E-state index contributed by atoms with van der Waals surface area (Å²) in [4.78, 5) is 0. The molecule has 2 aromatic carbocycles. The first-order chi connectivity index (χ1) is 12.2. The van der Waals surface area contributed by atoms with E-state index in [4.69, 9.17) is 0 Å². The fraction of sp³-hybridized carbons (Fsp3) is 0.158. The van der Waals surface area contributed by atoms with Gasteiger partial charge in [0.1, 0.15) is 0 Å². The number of rotatable bonds is 7. The van der Waals surface area contributed by atoms with Gasteiger partial charge in [0.2, 0.25) is 0 Å². The van der Waals surface area contributed by atoms with Gasteiger partial charge in [0.25, 0.3) is 6.08 Å². The molecule has 0 radical (unpaired) electrons. The van der Waals surface area contributed by atoms with Crippen molar-refractivity contribution in [2.75, 3.05) is 0 Å². The summed E-state index contributed by atoms with van der Waals surface area (Å²) < 4.78 is 82.0. The molecule has 0 aliphatic carbocycles. The Morgan fingerprint density at radius 3 is 2.08 bits per heavy atom. The van der Waals surface area contributed by atoms with Crippen LogP contribution in [0, 0.1) is 11.6 Å². The van der Waals surface area contributed by atoms with Crippen LogP contribution in [0.1, 0.15) is 12.0 Å². The van der Waals surface area contributed by atoms with Crippen LogP contribution in [0.3, 0.4) is 0 Å². The van der Waals surface area contributed by atoms with Gasteiger partial charge in [-0.25, -0.2) is 8.78 Å². The van der Waals surface area contributed by atoms with Gasteiger partial charge >= 0.3 is 6.11 Å². The van der Waals surface area contributed by atoms with Gasteiger partial charge in [0, 0.05) is 0 Å². The van der Waals surface area contributed by atoms with Crippen molar-refractivity contribution in [1.82, 2.24) is 0 Å². The molecule has 0 saturated heterocycles. The maximum Gasteiger partial charge on any atom is 0.425 e. The number of halogens is 6. The maximum absolute atomic E-state index is 14.0. The van der Waals surface area contributed by atoms with Crippen LogP contribution < -0.4 is 4.74 Å². The van der Waals surface area contributed by atoms with Crippen molar-refractivity contribution in [1.29, 1.82) is 0 Å². The molecule has 26 heavy (non-hydrogen) atoms. The Morgan fingerprint density at radius 2 is 1.58 bits per heavy atom. The highest BCUT2D eigenvalue weighted by molar-refractivity contribution is 5.65. The lowest BCUT2D eigenvalue weighted by Crippen LogP contribution is -2.23. The topological polar surface area (TPSA) is 9.23 Å². The minimum atomic E-state index is -4.55. The summed E-state index contributed by atoms with van der Waals surface area (Å²) in [5.41, 5.74) is 1.55. The largest absolute Gasteiger partial charge is 0.425 e. The van der Waals surface area contributed by atoms with Crippen molar-refractivity contribution in [3.8, 4) is 16.9 Å². The third-order valence-electron chi connectivity index (χ3n) is 3.44. The number of hydrogen-bond acceptors (Lipinski definition) is 1. The van der Waals surface area contributed by atoms with Gasteiger partial charge in [-0.15, -0.1) is 6.58 Å². The summed E-state index contributed by atoms with van der Waals surface area (Å²) in [7, 11) is 0. The first-order valence-corrected chi connectivity index (χ1v) is 7.52. The van der Waals surface area contributed by atoms with Crippen molar-refractivity contribution in [3.05, 3.63) is 78.4 Å². The quantitative estimate of drug-likeness (QED) is 0.398. The molecule has 138 valence electrons. The third-order valence-corrected chi connectivity index (χ3v) is 3.44. The lowest BCUT2D eigenvalue weighted by molar-refractivity contribution is -0.137. The van der Waals surface area contributed by atoms with Gasteiger partial charge < -0.3 is 4.74 Å². The number of aryl methyl sites for hydroxylation is 1. The van der Waals surface area contributed by atoms with Crippen molar-refractivity contribution >= 4 is 0 Å². The molecule has 0 aliphatic rings. The van der Waals surface area contributed by atoms with Gasteiger partial charge in [-0.1, -0.05) is 30.3 Å². The van der Waals surface area contributed by atoms with E-state index in [0.717, 1.165) is 30.5 Å². The average Bonchev–Trinajstić information content (AvgIpc) is 2.55. The number of alkyl halides is 2. The molecular weight excluding hydrogens is 358 g/mol. The van der Waals surface area contributed by atoms with E-state index in [1.165, 1.54) is 0 Å². The van der Waals surface area contributed by atoms with Crippen molar-refractivity contribution < 1.29 is 31.1 Å². The number of benzene rings is 2. The molecule has 0 N–H and O–H groups in total. The van der Waals surface area contributed by atoms with Gasteiger partial charge in [0.15, 0.2) is 17.4 Å². The van der Waals surface area contributed by atoms with Crippen LogP contribution in [0.25, 0.3) is 11.1 Å². The Morgan fingerprint density at radius 1 is 1.00 bits per heavy atom. The number of allylic oxidation sites excluding steroid dienone is 1. The van der Waals surface area contributed by atoms with Crippen LogP contribution in [0.2, 0.25) is 0 Å². The monoisotopic (exact) mass is 372 g/mol. The Hall–Kier alpha value is -2.70. The van der Waals surface area contributed by atoms with Crippen molar-refractivity contribution in [2.24, 2.45) is 0 Å². The Bertz CT molecular complexity index is 784. The van der Waals surface area contributed by atoms with E-state index in [9.17, 15) is 26.3 Å². The second kappa shape index (κ2) is 8.12. The summed E-state index contributed by atoms with van der Waals surface area (Å²) >= 11 is 0. The normalized spacial score (nSPS) is 11.2. The molecule has 2 rings (SSSR count). The van der Waals surface area contributed by atoms with Gasteiger partial charge in [-0.05, 0) is 41.7 Å². The fourth-order valence-corrected chi connectivity index (χ4v) is 2.25. The van der Waals surface area contributed by atoms with Gasteiger partial charge in [-0.2, -0.15) is 17.6 Å². The number of ether oxygens (including phenoxy) is 1. The van der Waals surface area contributed by atoms with Crippen LogP contribution in [0.15, 0.2) is 61.2 Å². The van der Waals surface area contributed by atoms with E-state index >= 15 is 0 Å². The molecule has 0 aliphatic heterocycles. The summed E-state index contributed by atoms with van der Waals surface area (Å²) in [6.07, 6.45) is -4.82. The molecule has 0 heterocycles. The summed E-state index contributed by atoms with van der Waals surface area (Å²) in [5.74, 6) is -4.29. The zero-order chi connectivity index (χ0) is 19.3. The molecule has 0 atom stereocenters. The molecule has 0 spiro atoms. The van der Waals surface area contributed by atoms with E-state index in [1.807, 2.05) is 0 Å². The molecule has 1 nitrogen and oxygen atoms in total. The Labute approximate surface area is 146 Å². The Balaban J connectivity index is 2.28. The van der Waals surface area contributed by atoms with Crippen LogP contribution >= 0.6 is 0 Å². The first-order valence-electron chi connectivity index (χ1n) is 7.52. The summed E-state index contributed by atoms with van der Waals surface area (Å²) in [5, 5.41) is 0. The van der Waals surface area contributed by atoms with E-state index in [0.29, 0.717) is 5.56 Å². The lowest BCUT2D eigenvalue weighted by Gasteiger charge is -2.15. The first kappa shape index (κ1) is 19.6. The maximum atomic E-state index is 14.0. The van der Waals surface area contributed by atoms with E-state index in [1.54, 1.807) is 30.3 Å². The van der Waals surface area contributed by atoms with Crippen molar-refractivity contribution in [3.63, 3.8) is 0 Å². The molecule has 2 aromatic rings. The van der Waals surface area contributed by atoms with Crippen molar-refractivity contribution in [2.45, 2.75) is 19.0 Å². The zero-order valence-electron chi connectivity index (χ0n) is 13.4. The SMILES string of the molecule is C=CCCc1ccc(-c2cc(F)c(OC(F)(F)C=C(F)F)c(F)c2)cc1. The average molecular weight is 372 g/mol. The minimum absolute atomic E-state index is 0.0955. The molecule has 0 fully saturated rings. The predicted octanol–water partition coefficient (Wildman–Crippen LogP) is 6.50. The molecule has 0 aromatic heterocycles. The van der Waals surface area contributed by atoms with Crippen LogP contribution in [0.5, 0.6) is 5.75 Å². The molecule has 7 heteroatoms. The highest BCUT2D eigenvalue weighted by Gasteiger charge is 2.33. The predicted molar refractivity (Wildman–Crippen MR) is 86.2 cm³/mol. The van der Waals surface area contributed by atoms with Crippen LogP contribution in [-0.4, -0.2) is 6.11 Å². The molecular formula is C19H14F6O. The van der Waals surface area contributed by atoms with Crippen LogP contribution in [0.4, 0.5) is 26.3 Å². The third kappa shape index (κ3) is 5.15. The summed E-state index contributed by atoms with van der Waals surface area (Å²) in [6, 6.07) is 8.38. The fourth-order valence-electron chi connectivity index (χ4n) is 2.25. The molecule has 0 bridgehead atoms. The minimum Gasteiger partial charge on any atom is -0.423 e. The second-order valence-electron chi connectivity index (χ2n) is 5.39. The Kier molecular flexibility index (Phi) is 6.13. The van der Waals surface area contributed by atoms with Crippen LogP contribution in [-0.2, 0) is 6.42 Å². The standard InChI is InChI=1S/C19H14F6O/c1-2-3-4-12-5-7-13(8-6-12)14-9-15(20)18(16(21)10-14)26-19(24,25)11-17(22)23/h2,5-11H,1,3-4H2. The highest BCUT2D eigenvalue weighted by atomic mass is 19.3. The lowest BCUT2D eigenvalue weighted by atomic mass is 10.0. The van der Waals surface area contributed by atoms with E-state index in [-0.39, 0.29) is 5.56 Å². The van der Waals surface area contributed by atoms with E-state index in [2.05, 4.69) is 11.3 Å². The van der Waals surface area contributed by atoms with E-state index < -0.39 is 35.6 Å². The second-order valence-corrected chi connectivity index (χ2v) is 5.39. The van der Waals surface area contributed by atoms with Gasteiger partial charge in [0.05, 0.1) is 6.08 Å². The van der Waals surface area contributed by atoms with Gasteiger partial charge in [-0.3, -0.25) is 0 Å². The summed E-state index contributed by atoms with van der Waals surface area (Å²) in [6.45, 7) is 3.62. The smallest absolute Gasteiger partial charge is 0.423 e. The zero-order valence-corrected chi connectivity index (χ0v) is 13.4. The number of hydrogen-bond donors (Lipinski definition) is 0. The molecule has 0 unspecified atom stereocenters. The highest BCUT2D eigenvalue weighted by Crippen LogP contribution is 2.33.